The lowest BCUT2D eigenvalue weighted by atomic mass is 9.79. The molecule has 1 rings (SSSR count). The molecule has 4 nitrogen and oxygen atoms in total. The highest BCUT2D eigenvalue weighted by Crippen LogP contribution is 2.33. The summed E-state index contributed by atoms with van der Waals surface area (Å²) in [5, 5.41) is 10.5. The van der Waals surface area contributed by atoms with Gasteiger partial charge in [-0.15, -0.1) is 0 Å². The van der Waals surface area contributed by atoms with Gasteiger partial charge in [0.1, 0.15) is 0 Å². The maximum atomic E-state index is 11.7. The van der Waals surface area contributed by atoms with Crippen LogP contribution in [0.4, 0.5) is 0 Å². The Morgan fingerprint density at radius 2 is 1.90 bits per heavy atom. The van der Waals surface area contributed by atoms with Crippen LogP contribution in [0.2, 0.25) is 0 Å². The van der Waals surface area contributed by atoms with Crippen molar-refractivity contribution in [2.45, 2.75) is 71.5 Å². The normalized spacial score (nSPS) is 28.4. The predicted octanol–water partition coefficient (Wildman–Crippen LogP) is 2.92. The molecule has 0 spiro atoms. The van der Waals surface area contributed by atoms with Crippen molar-refractivity contribution >= 4 is 5.97 Å². The molecule has 0 bridgehead atoms. The van der Waals surface area contributed by atoms with Gasteiger partial charge < -0.3 is 14.6 Å². The topological polar surface area (TPSA) is 55.8 Å². The molecule has 0 aromatic heterocycles. The standard InChI is InChI=1S/C16H30O4/c1-5-19-15(17)14-6-8-16(18,9-7-14)11-20-13(4)10-12(2)3/h12-14,18H,5-11H2,1-4H3. The molecule has 1 aliphatic rings. The highest BCUT2D eigenvalue weighted by molar-refractivity contribution is 5.72. The van der Waals surface area contributed by atoms with Gasteiger partial charge in [-0.25, -0.2) is 0 Å². The maximum absolute atomic E-state index is 11.7. The molecule has 1 fully saturated rings. The molecule has 0 aliphatic heterocycles. The summed E-state index contributed by atoms with van der Waals surface area (Å²) in [4.78, 5) is 11.7. The molecule has 0 aromatic rings. The number of hydrogen-bond acceptors (Lipinski definition) is 4. The monoisotopic (exact) mass is 286 g/mol. The van der Waals surface area contributed by atoms with Gasteiger partial charge in [0.15, 0.2) is 0 Å². The number of carbonyl (C=O) groups excluding carboxylic acids is 1. The van der Waals surface area contributed by atoms with E-state index in [1.807, 2.05) is 13.8 Å². The van der Waals surface area contributed by atoms with Crippen LogP contribution >= 0.6 is 0 Å². The molecule has 0 saturated heterocycles. The van der Waals surface area contributed by atoms with E-state index in [9.17, 15) is 9.90 Å². The average Bonchev–Trinajstić information content (AvgIpc) is 2.37. The van der Waals surface area contributed by atoms with Gasteiger partial charge in [-0.3, -0.25) is 4.79 Å². The zero-order valence-electron chi connectivity index (χ0n) is 13.4. The predicted molar refractivity (Wildman–Crippen MR) is 78.4 cm³/mol. The first kappa shape index (κ1) is 17.4. The molecule has 1 saturated carbocycles. The summed E-state index contributed by atoms with van der Waals surface area (Å²) in [5.74, 6) is 0.422. The van der Waals surface area contributed by atoms with E-state index in [0.29, 0.717) is 44.8 Å². The Morgan fingerprint density at radius 1 is 1.30 bits per heavy atom. The molecular weight excluding hydrogens is 256 g/mol. The van der Waals surface area contributed by atoms with Crippen LogP contribution in [0.5, 0.6) is 0 Å². The summed E-state index contributed by atoms with van der Waals surface area (Å²) in [5.41, 5.74) is -0.770. The van der Waals surface area contributed by atoms with Crippen LogP contribution in [-0.4, -0.2) is 36.0 Å². The lowest BCUT2D eigenvalue weighted by Crippen LogP contribution is -2.41. The van der Waals surface area contributed by atoms with Crippen molar-refractivity contribution in [1.82, 2.24) is 0 Å². The van der Waals surface area contributed by atoms with E-state index < -0.39 is 5.60 Å². The third-order valence-electron chi connectivity index (χ3n) is 3.98. The lowest BCUT2D eigenvalue weighted by molar-refractivity contribution is -0.153. The summed E-state index contributed by atoms with van der Waals surface area (Å²) in [6.07, 6.45) is 3.79. The molecule has 0 amide bonds. The van der Waals surface area contributed by atoms with E-state index in [0.717, 1.165) is 6.42 Å². The van der Waals surface area contributed by atoms with E-state index in [-0.39, 0.29) is 18.0 Å². The molecule has 20 heavy (non-hydrogen) atoms. The van der Waals surface area contributed by atoms with Crippen molar-refractivity contribution in [3.63, 3.8) is 0 Å². The van der Waals surface area contributed by atoms with E-state index >= 15 is 0 Å². The molecule has 1 unspecified atom stereocenters. The van der Waals surface area contributed by atoms with Crippen LogP contribution < -0.4 is 0 Å². The highest BCUT2D eigenvalue weighted by atomic mass is 16.5. The quantitative estimate of drug-likeness (QED) is 0.731. The van der Waals surface area contributed by atoms with Crippen molar-refractivity contribution in [1.29, 1.82) is 0 Å². The molecule has 1 aliphatic carbocycles. The smallest absolute Gasteiger partial charge is 0.308 e. The molecule has 0 aromatic carbocycles. The number of esters is 1. The fourth-order valence-corrected chi connectivity index (χ4v) is 2.82. The van der Waals surface area contributed by atoms with Gasteiger partial charge in [0, 0.05) is 0 Å². The van der Waals surface area contributed by atoms with Crippen molar-refractivity contribution < 1.29 is 19.4 Å². The van der Waals surface area contributed by atoms with Crippen LogP contribution in [0.15, 0.2) is 0 Å². The van der Waals surface area contributed by atoms with E-state index in [2.05, 4.69) is 13.8 Å². The van der Waals surface area contributed by atoms with E-state index in [1.165, 1.54) is 0 Å². The SMILES string of the molecule is CCOC(=O)C1CCC(O)(COC(C)CC(C)C)CC1. The molecule has 4 heteroatoms. The molecule has 1 N–H and O–H groups in total. The second-order valence-electron chi connectivity index (χ2n) is 6.50. The van der Waals surface area contributed by atoms with E-state index in [4.69, 9.17) is 9.47 Å². The molecule has 0 radical (unpaired) electrons. The highest BCUT2D eigenvalue weighted by Gasteiger charge is 2.36. The number of carbonyl (C=O) groups is 1. The second kappa shape index (κ2) is 7.99. The Morgan fingerprint density at radius 3 is 2.40 bits per heavy atom. The number of hydrogen-bond donors (Lipinski definition) is 1. The first-order valence-electron chi connectivity index (χ1n) is 7.87. The van der Waals surface area contributed by atoms with Gasteiger partial charge >= 0.3 is 5.97 Å². The Kier molecular flexibility index (Phi) is 6.96. The average molecular weight is 286 g/mol. The Balaban J connectivity index is 2.33. The van der Waals surface area contributed by atoms with E-state index in [1.54, 1.807) is 0 Å². The van der Waals surface area contributed by atoms with Crippen LogP contribution in [0.25, 0.3) is 0 Å². The van der Waals surface area contributed by atoms with Gasteiger partial charge in [0.05, 0.1) is 30.8 Å². The van der Waals surface area contributed by atoms with Gasteiger partial charge in [-0.1, -0.05) is 13.8 Å². The van der Waals surface area contributed by atoms with Gasteiger partial charge in [-0.05, 0) is 51.9 Å². The summed E-state index contributed by atoms with van der Waals surface area (Å²) in [6.45, 7) is 9.00. The van der Waals surface area contributed by atoms with Crippen LogP contribution in [0.1, 0.15) is 59.8 Å². The number of ether oxygens (including phenoxy) is 2. The number of rotatable bonds is 7. The molecule has 118 valence electrons. The lowest BCUT2D eigenvalue weighted by Gasteiger charge is -2.35. The zero-order valence-corrected chi connectivity index (χ0v) is 13.4. The summed E-state index contributed by atoms with van der Waals surface area (Å²) in [7, 11) is 0. The number of aliphatic hydroxyl groups is 1. The van der Waals surface area contributed by atoms with Gasteiger partial charge in [0.25, 0.3) is 0 Å². The van der Waals surface area contributed by atoms with Crippen molar-refractivity contribution in [3.8, 4) is 0 Å². The van der Waals surface area contributed by atoms with Crippen molar-refractivity contribution in [2.24, 2.45) is 11.8 Å². The molecule has 1 atom stereocenters. The first-order chi connectivity index (χ1) is 9.36. The van der Waals surface area contributed by atoms with Gasteiger partial charge in [-0.2, -0.15) is 0 Å². The maximum Gasteiger partial charge on any atom is 0.308 e. The third kappa shape index (κ3) is 5.80. The Bertz CT molecular complexity index is 293. The molecular formula is C16H30O4. The summed E-state index contributed by atoms with van der Waals surface area (Å²) in [6, 6.07) is 0. The van der Waals surface area contributed by atoms with Crippen molar-refractivity contribution in [2.75, 3.05) is 13.2 Å². The van der Waals surface area contributed by atoms with Gasteiger partial charge in [0.2, 0.25) is 0 Å². The minimum Gasteiger partial charge on any atom is -0.466 e. The summed E-state index contributed by atoms with van der Waals surface area (Å²) >= 11 is 0. The zero-order chi connectivity index (χ0) is 15.2. The largest absolute Gasteiger partial charge is 0.466 e. The third-order valence-corrected chi connectivity index (χ3v) is 3.98. The molecule has 0 heterocycles. The Labute approximate surface area is 122 Å². The minimum absolute atomic E-state index is 0.0525. The minimum atomic E-state index is -0.770. The second-order valence-corrected chi connectivity index (χ2v) is 6.50. The first-order valence-corrected chi connectivity index (χ1v) is 7.87. The Hall–Kier alpha value is -0.610. The fourth-order valence-electron chi connectivity index (χ4n) is 2.82. The fraction of sp³-hybridized carbons (Fsp3) is 0.938. The van der Waals surface area contributed by atoms with Crippen molar-refractivity contribution in [3.05, 3.63) is 0 Å². The summed E-state index contributed by atoms with van der Waals surface area (Å²) < 4.78 is 10.8. The van der Waals surface area contributed by atoms with Crippen LogP contribution in [-0.2, 0) is 14.3 Å². The van der Waals surface area contributed by atoms with Crippen LogP contribution in [0.3, 0.4) is 0 Å². The van der Waals surface area contributed by atoms with Crippen LogP contribution in [0, 0.1) is 11.8 Å².